The van der Waals surface area contributed by atoms with Crippen LogP contribution in [0, 0.1) is 0 Å². The predicted octanol–water partition coefficient (Wildman–Crippen LogP) is 2.14. The molecule has 0 aliphatic rings. The van der Waals surface area contributed by atoms with Crippen LogP contribution in [0.4, 0.5) is 0 Å². The molecule has 2 aromatic rings. The van der Waals surface area contributed by atoms with E-state index >= 15 is 0 Å². The zero-order valence-corrected chi connectivity index (χ0v) is 10.9. The average molecular weight is 262 g/mol. The van der Waals surface area contributed by atoms with Crippen molar-refractivity contribution in [1.82, 2.24) is 4.90 Å². The van der Waals surface area contributed by atoms with Crippen LogP contribution in [0.5, 0.6) is 0 Å². The Labute approximate surface area is 112 Å². The first-order valence-corrected chi connectivity index (χ1v) is 6.29. The summed E-state index contributed by atoms with van der Waals surface area (Å²) in [5.74, 6) is 1.35. The minimum absolute atomic E-state index is 0.102. The maximum absolute atomic E-state index is 12.2. The van der Waals surface area contributed by atoms with Gasteiger partial charge in [-0.2, -0.15) is 0 Å². The first-order valence-electron chi connectivity index (χ1n) is 6.29. The van der Waals surface area contributed by atoms with Gasteiger partial charge in [0.05, 0.1) is 31.7 Å². The van der Waals surface area contributed by atoms with Crippen LogP contribution in [0.2, 0.25) is 0 Å². The van der Waals surface area contributed by atoms with Crippen molar-refractivity contribution in [3.8, 4) is 0 Å². The molecule has 5 nitrogen and oxygen atoms in total. The van der Waals surface area contributed by atoms with Crippen molar-refractivity contribution in [2.75, 3.05) is 0 Å². The number of carbonyl (C=O) groups excluding carboxylic acids is 1. The molecule has 2 rings (SSSR count). The van der Waals surface area contributed by atoms with Gasteiger partial charge in [0, 0.05) is 0 Å². The number of hydrogen-bond acceptors (Lipinski definition) is 4. The van der Waals surface area contributed by atoms with Gasteiger partial charge >= 0.3 is 0 Å². The van der Waals surface area contributed by atoms with E-state index in [1.54, 1.807) is 29.6 Å². The minimum atomic E-state index is -0.495. The fraction of sp³-hybridized carbons (Fsp3) is 0.357. The molecule has 0 bridgehead atoms. The van der Waals surface area contributed by atoms with Gasteiger partial charge in [0.2, 0.25) is 5.91 Å². The molecule has 0 radical (unpaired) electrons. The van der Waals surface area contributed by atoms with Crippen LogP contribution in [0.25, 0.3) is 0 Å². The molecule has 2 N–H and O–H groups in total. The molecular formula is C14H18N2O3. The second-order valence-corrected chi connectivity index (χ2v) is 4.37. The standard InChI is InChI=1S/C14H18N2O3/c1-2-13(15)14(17)16(9-11-5-3-7-18-11)10-12-6-4-8-19-12/h3-8,13H,2,9-10,15H2,1H3/t13-/m0/s1. The molecule has 2 aromatic heterocycles. The Morgan fingerprint density at radius 3 is 2.11 bits per heavy atom. The lowest BCUT2D eigenvalue weighted by Crippen LogP contribution is -2.42. The van der Waals surface area contributed by atoms with Crippen LogP contribution in [-0.2, 0) is 17.9 Å². The van der Waals surface area contributed by atoms with Crippen molar-refractivity contribution in [2.24, 2.45) is 5.73 Å². The summed E-state index contributed by atoms with van der Waals surface area (Å²) in [7, 11) is 0. The molecule has 0 saturated carbocycles. The lowest BCUT2D eigenvalue weighted by molar-refractivity contribution is -0.134. The summed E-state index contributed by atoms with van der Waals surface area (Å²) >= 11 is 0. The molecule has 0 fully saturated rings. The Morgan fingerprint density at radius 2 is 1.74 bits per heavy atom. The fourth-order valence-electron chi connectivity index (χ4n) is 1.80. The molecule has 0 unspecified atom stereocenters. The van der Waals surface area contributed by atoms with E-state index in [1.807, 2.05) is 19.1 Å². The summed E-state index contributed by atoms with van der Waals surface area (Å²) in [4.78, 5) is 13.9. The SMILES string of the molecule is CC[C@H](N)C(=O)N(Cc1ccco1)Cc1ccco1. The number of nitrogens with two attached hydrogens (primary N) is 1. The van der Waals surface area contributed by atoms with E-state index in [1.165, 1.54) is 0 Å². The monoisotopic (exact) mass is 262 g/mol. The van der Waals surface area contributed by atoms with Gasteiger partial charge in [0.15, 0.2) is 0 Å². The van der Waals surface area contributed by atoms with Crippen LogP contribution >= 0.6 is 0 Å². The van der Waals surface area contributed by atoms with E-state index < -0.39 is 6.04 Å². The van der Waals surface area contributed by atoms with Crippen molar-refractivity contribution in [1.29, 1.82) is 0 Å². The van der Waals surface area contributed by atoms with Crippen LogP contribution in [0.3, 0.4) is 0 Å². The zero-order chi connectivity index (χ0) is 13.7. The first-order chi connectivity index (χ1) is 9.20. The summed E-state index contributed by atoms with van der Waals surface area (Å²) in [5, 5.41) is 0. The number of rotatable bonds is 6. The largest absolute Gasteiger partial charge is 0.467 e. The summed E-state index contributed by atoms with van der Waals surface area (Å²) in [6.07, 6.45) is 3.78. The summed E-state index contributed by atoms with van der Waals surface area (Å²) < 4.78 is 10.6. The molecule has 102 valence electrons. The lowest BCUT2D eigenvalue weighted by atomic mass is 10.2. The predicted molar refractivity (Wildman–Crippen MR) is 69.9 cm³/mol. The number of amides is 1. The topological polar surface area (TPSA) is 72.6 Å². The van der Waals surface area contributed by atoms with Crippen LogP contribution in [0.15, 0.2) is 45.6 Å². The molecule has 5 heteroatoms. The Bertz CT molecular complexity index is 455. The highest BCUT2D eigenvalue weighted by atomic mass is 16.3. The van der Waals surface area contributed by atoms with Crippen LogP contribution < -0.4 is 5.73 Å². The van der Waals surface area contributed by atoms with Gasteiger partial charge < -0.3 is 19.5 Å². The van der Waals surface area contributed by atoms with Gasteiger partial charge in [-0.05, 0) is 30.7 Å². The van der Waals surface area contributed by atoms with Gasteiger partial charge in [-0.1, -0.05) is 6.92 Å². The van der Waals surface area contributed by atoms with Crippen LogP contribution in [0.1, 0.15) is 24.9 Å². The third-order valence-electron chi connectivity index (χ3n) is 2.92. The second kappa shape index (κ2) is 6.24. The fourth-order valence-corrected chi connectivity index (χ4v) is 1.80. The van der Waals surface area contributed by atoms with Gasteiger partial charge in [-0.15, -0.1) is 0 Å². The molecule has 0 aliphatic carbocycles. The summed E-state index contributed by atoms with van der Waals surface area (Å²) in [6.45, 7) is 2.67. The molecule has 1 amide bonds. The van der Waals surface area contributed by atoms with E-state index in [-0.39, 0.29) is 5.91 Å². The van der Waals surface area contributed by atoms with E-state index in [0.29, 0.717) is 19.5 Å². The van der Waals surface area contributed by atoms with Crippen molar-refractivity contribution < 1.29 is 13.6 Å². The second-order valence-electron chi connectivity index (χ2n) is 4.37. The minimum Gasteiger partial charge on any atom is -0.467 e. The molecular weight excluding hydrogens is 244 g/mol. The quantitative estimate of drug-likeness (QED) is 0.865. The third kappa shape index (κ3) is 3.48. The van der Waals surface area contributed by atoms with E-state index in [2.05, 4.69) is 0 Å². The van der Waals surface area contributed by atoms with Gasteiger partial charge in [0.1, 0.15) is 11.5 Å². The highest BCUT2D eigenvalue weighted by molar-refractivity contribution is 5.81. The molecule has 19 heavy (non-hydrogen) atoms. The van der Waals surface area contributed by atoms with Gasteiger partial charge in [0.25, 0.3) is 0 Å². The van der Waals surface area contributed by atoms with Crippen molar-refractivity contribution in [3.05, 3.63) is 48.3 Å². The average Bonchev–Trinajstić information content (AvgIpc) is 3.09. The molecule has 0 aliphatic heterocycles. The first kappa shape index (κ1) is 13.4. The third-order valence-corrected chi connectivity index (χ3v) is 2.92. The molecule has 0 saturated heterocycles. The maximum Gasteiger partial charge on any atom is 0.240 e. The normalized spacial score (nSPS) is 12.3. The summed E-state index contributed by atoms with van der Waals surface area (Å²) in [5.41, 5.74) is 5.82. The van der Waals surface area contributed by atoms with E-state index in [4.69, 9.17) is 14.6 Å². The van der Waals surface area contributed by atoms with Crippen molar-refractivity contribution in [3.63, 3.8) is 0 Å². The van der Waals surface area contributed by atoms with Gasteiger partial charge in [-0.25, -0.2) is 0 Å². The van der Waals surface area contributed by atoms with Crippen LogP contribution in [-0.4, -0.2) is 16.8 Å². The smallest absolute Gasteiger partial charge is 0.240 e. The maximum atomic E-state index is 12.2. The van der Waals surface area contributed by atoms with Crippen molar-refractivity contribution in [2.45, 2.75) is 32.5 Å². The number of nitrogens with zero attached hydrogens (tertiary/aromatic N) is 1. The molecule has 2 heterocycles. The van der Waals surface area contributed by atoms with E-state index in [9.17, 15) is 4.79 Å². The van der Waals surface area contributed by atoms with Gasteiger partial charge in [-0.3, -0.25) is 4.79 Å². The number of carbonyl (C=O) groups is 1. The number of furan rings is 2. The lowest BCUT2D eigenvalue weighted by Gasteiger charge is -2.23. The van der Waals surface area contributed by atoms with Crippen molar-refractivity contribution >= 4 is 5.91 Å². The summed E-state index contributed by atoms with van der Waals surface area (Å²) in [6, 6.07) is 6.76. The highest BCUT2D eigenvalue weighted by Gasteiger charge is 2.21. The van der Waals surface area contributed by atoms with E-state index in [0.717, 1.165) is 11.5 Å². The molecule has 1 atom stereocenters. The molecule has 0 aromatic carbocycles. The Hall–Kier alpha value is -2.01. The Balaban J connectivity index is 2.10. The highest BCUT2D eigenvalue weighted by Crippen LogP contribution is 2.12. The molecule has 0 spiro atoms. The zero-order valence-electron chi connectivity index (χ0n) is 10.9. The Kier molecular flexibility index (Phi) is 4.41. The Morgan fingerprint density at radius 1 is 1.21 bits per heavy atom. The number of hydrogen-bond donors (Lipinski definition) is 1.